The third-order valence-electron chi connectivity index (χ3n) is 3.02. The summed E-state index contributed by atoms with van der Waals surface area (Å²) in [7, 11) is 0. The lowest BCUT2D eigenvalue weighted by molar-refractivity contribution is -0.385. The minimum Gasteiger partial charge on any atom is -0.370 e. The van der Waals surface area contributed by atoms with E-state index in [0.29, 0.717) is 23.2 Å². The summed E-state index contributed by atoms with van der Waals surface area (Å²) >= 11 is 0. The quantitative estimate of drug-likeness (QED) is 0.631. The van der Waals surface area contributed by atoms with Gasteiger partial charge in [-0.3, -0.25) is 10.1 Å². The second-order valence-electron chi connectivity index (χ2n) is 4.72. The van der Waals surface area contributed by atoms with Crippen LogP contribution < -0.4 is 5.32 Å². The van der Waals surface area contributed by atoms with Crippen LogP contribution in [0.25, 0.3) is 0 Å². The van der Waals surface area contributed by atoms with E-state index in [-0.39, 0.29) is 5.69 Å². The van der Waals surface area contributed by atoms with Crippen LogP contribution in [0.2, 0.25) is 0 Å². The second-order valence-corrected chi connectivity index (χ2v) is 4.72. The fraction of sp³-hybridized carbons (Fsp3) is 0.583. The number of nitrogens with one attached hydrogen (secondary N) is 1. The van der Waals surface area contributed by atoms with Crippen LogP contribution in [0.1, 0.15) is 26.3 Å². The SMILES string of the molecule is Cc1cc(NCC(C)C(C)C)ncc1[N+](=O)[O-]. The Labute approximate surface area is 101 Å². The summed E-state index contributed by atoms with van der Waals surface area (Å²) in [6, 6.07) is 1.71. The molecule has 0 fully saturated rings. The maximum Gasteiger partial charge on any atom is 0.290 e. The molecular formula is C12H19N3O2. The van der Waals surface area contributed by atoms with Gasteiger partial charge in [0.2, 0.25) is 0 Å². The zero-order valence-corrected chi connectivity index (χ0v) is 10.7. The van der Waals surface area contributed by atoms with Crippen molar-refractivity contribution in [3.05, 3.63) is 27.9 Å². The Bertz CT molecular complexity index is 405. The Hall–Kier alpha value is -1.65. The van der Waals surface area contributed by atoms with Gasteiger partial charge in [-0.15, -0.1) is 0 Å². The van der Waals surface area contributed by atoms with Crippen LogP contribution in [-0.2, 0) is 0 Å². The third-order valence-corrected chi connectivity index (χ3v) is 3.02. The topological polar surface area (TPSA) is 68.1 Å². The molecule has 0 spiro atoms. The summed E-state index contributed by atoms with van der Waals surface area (Å²) in [6.07, 6.45) is 1.30. The van der Waals surface area contributed by atoms with Gasteiger partial charge < -0.3 is 5.32 Å². The molecule has 0 bridgehead atoms. The fourth-order valence-electron chi connectivity index (χ4n) is 1.34. The van der Waals surface area contributed by atoms with E-state index in [0.717, 1.165) is 6.54 Å². The van der Waals surface area contributed by atoms with E-state index in [1.165, 1.54) is 6.20 Å². The van der Waals surface area contributed by atoms with Gasteiger partial charge in [-0.25, -0.2) is 4.98 Å². The molecule has 0 amide bonds. The molecule has 0 aromatic carbocycles. The minimum atomic E-state index is -0.414. The van der Waals surface area contributed by atoms with Gasteiger partial charge in [0.1, 0.15) is 12.0 Å². The zero-order valence-electron chi connectivity index (χ0n) is 10.7. The van der Waals surface area contributed by atoms with E-state index in [9.17, 15) is 10.1 Å². The Kier molecular flexibility index (Phi) is 4.43. The highest BCUT2D eigenvalue weighted by Crippen LogP contribution is 2.19. The average molecular weight is 237 g/mol. The maximum absolute atomic E-state index is 10.6. The number of nitrogens with zero attached hydrogens (tertiary/aromatic N) is 2. The standard InChI is InChI=1S/C12H19N3O2/c1-8(2)10(4)6-13-12-5-9(3)11(7-14-12)15(16)17/h5,7-8,10H,6H2,1-4H3,(H,13,14). The first-order valence-electron chi connectivity index (χ1n) is 5.76. The number of aryl methyl sites for hydroxylation is 1. The van der Waals surface area contributed by atoms with Crippen molar-refractivity contribution in [3.8, 4) is 0 Å². The van der Waals surface area contributed by atoms with Crippen molar-refractivity contribution in [1.82, 2.24) is 4.98 Å². The molecule has 0 radical (unpaired) electrons. The molecule has 0 aliphatic heterocycles. The number of hydrogen-bond acceptors (Lipinski definition) is 4. The summed E-state index contributed by atoms with van der Waals surface area (Å²) in [5, 5.41) is 13.8. The van der Waals surface area contributed by atoms with Gasteiger partial charge in [0.25, 0.3) is 5.69 Å². The van der Waals surface area contributed by atoms with E-state index >= 15 is 0 Å². The molecule has 5 nitrogen and oxygen atoms in total. The normalized spacial score (nSPS) is 12.5. The predicted molar refractivity (Wildman–Crippen MR) is 68.1 cm³/mol. The molecule has 0 saturated carbocycles. The summed E-state index contributed by atoms with van der Waals surface area (Å²) in [6.45, 7) is 9.04. The molecule has 1 aromatic heterocycles. The maximum atomic E-state index is 10.6. The number of aromatic nitrogens is 1. The zero-order chi connectivity index (χ0) is 13.0. The minimum absolute atomic E-state index is 0.0625. The molecule has 1 aromatic rings. The van der Waals surface area contributed by atoms with Crippen LogP contribution >= 0.6 is 0 Å². The number of pyridine rings is 1. The monoisotopic (exact) mass is 237 g/mol. The molecule has 5 heteroatoms. The van der Waals surface area contributed by atoms with Crippen LogP contribution in [0.4, 0.5) is 11.5 Å². The van der Waals surface area contributed by atoms with Gasteiger partial charge in [-0.2, -0.15) is 0 Å². The highest BCUT2D eigenvalue weighted by Gasteiger charge is 2.12. The van der Waals surface area contributed by atoms with Gasteiger partial charge in [0.05, 0.1) is 4.92 Å². The van der Waals surface area contributed by atoms with E-state index < -0.39 is 4.92 Å². The lowest BCUT2D eigenvalue weighted by Crippen LogP contribution is -2.16. The fourth-order valence-corrected chi connectivity index (χ4v) is 1.34. The van der Waals surface area contributed by atoms with Crippen molar-refractivity contribution in [1.29, 1.82) is 0 Å². The molecule has 17 heavy (non-hydrogen) atoms. The first-order valence-corrected chi connectivity index (χ1v) is 5.76. The van der Waals surface area contributed by atoms with Gasteiger partial charge in [-0.05, 0) is 24.8 Å². The molecule has 0 aliphatic rings. The van der Waals surface area contributed by atoms with Crippen molar-refractivity contribution >= 4 is 11.5 Å². The molecular weight excluding hydrogens is 218 g/mol. The van der Waals surface area contributed by atoms with Crippen LogP contribution in [0.3, 0.4) is 0 Å². The van der Waals surface area contributed by atoms with Crippen molar-refractivity contribution < 1.29 is 4.92 Å². The predicted octanol–water partition coefficient (Wildman–Crippen LogP) is 3.00. The van der Waals surface area contributed by atoms with Gasteiger partial charge in [0.15, 0.2) is 0 Å². The molecule has 0 aliphatic carbocycles. The van der Waals surface area contributed by atoms with Gasteiger partial charge in [-0.1, -0.05) is 20.8 Å². The van der Waals surface area contributed by atoms with Gasteiger partial charge in [0, 0.05) is 12.1 Å². The Morgan fingerprint density at radius 2 is 2.12 bits per heavy atom. The Morgan fingerprint density at radius 3 is 2.59 bits per heavy atom. The first kappa shape index (κ1) is 13.4. The lowest BCUT2D eigenvalue weighted by Gasteiger charge is -2.16. The van der Waals surface area contributed by atoms with Gasteiger partial charge >= 0.3 is 0 Å². The summed E-state index contributed by atoms with van der Waals surface area (Å²) < 4.78 is 0. The van der Waals surface area contributed by atoms with Crippen LogP contribution in [0, 0.1) is 28.9 Å². The average Bonchev–Trinajstić information content (AvgIpc) is 2.25. The lowest BCUT2D eigenvalue weighted by atomic mass is 9.98. The number of nitro groups is 1. The highest BCUT2D eigenvalue weighted by molar-refractivity contribution is 5.46. The smallest absolute Gasteiger partial charge is 0.290 e. The number of anilines is 1. The molecule has 1 atom stereocenters. The van der Waals surface area contributed by atoms with Crippen molar-refractivity contribution in [2.45, 2.75) is 27.7 Å². The highest BCUT2D eigenvalue weighted by atomic mass is 16.6. The molecule has 94 valence electrons. The first-order chi connectivity index (χ1) is 7.91. The van der Waals surface area contributed by atoms with Crippen LogP contribution in [0.5, 0.6) is 0 Å². The van der Waals surface area contributed by atoms with Crippen LogP contribution in [0.15, 0.2) is 12.3 Å². The number of hydrogen-bond donors (Lipinski definition) is 1. The molecule has 1 N–H and O–H groups in total. The van der Waals surface area contributed by atoms with Crippen LogP contribution in [-0.4, -0.2) is 16.5 Å². The number of rotatable bonds is 5. The largest absolute Gasteiger partial charge is 0.370 e. The Morgan fingerprint density at radius 1 is 1.47 bits per heavy atom. The third kappa shape index (κ3) is 3.69. The van der Waals surface area contributed by atoms with E-state index in [1.54, 1.807) is 13.0 Å². The van der Waals surface area contributed by atoms with E-state index in [2.05, 4.69) is 31.1 Å². The molecule has 1 heterocycles. The molecule has 1 unspecified atom stereocenters. The van der Waals surface area contributed by atoms with Crippen molar-refractivity contribution in [3.63, 3.8) is 0 Å². The molecule has 1 rings (SSSR count). The summed E-state index contributed by atoms with van der Waals surface area (Å²) in [5.74, 6) is 1.83. The van der Waals surface area contributed by atoms with E-state index in [4.69, 9.17) is 0 Å². The van der Waals surface area contributed by atoms with Crippen molar-refractivity contribution in [2.24, 2.45) is 11.8 Å². The van der Waals surface area contributed by atoms with E-state index in [1.807, 2.05) is 0 Å². The second kappa shape index (κ2) is 5.61. The Balaban J connectivity index is 2.68. The van der Waals surface area contributed by atoms with Crippen molar-refractivity contribution in [2.75, 3.05) is 11.9 Å². The summed E-state index contributed by atoms with van der Waals surface area (Å²) in [5.41, 5.74) is 0.692. The molecule has 0 saturated heterocycles. The summed E-state index contributed by atoms with van der Waals surface area (Å²) in [4.78, 5) is 14.3.